The van der Waals surface area contributed by atoms with Crippen molar-refractivity contribution in [2.45, 2.75) is 19.4 Å². The van der Waals surface area contributed by atoms with Gasteiger partial charge in [-0.2, -0.15) is 0 Å². The van der Waals surface area contributed by atoms with Gasteiger partial charge < -0.3 is 10.1 Å². The Morgan fingerprint density at radius 2 is 1.95 bits per heavy atom. The van der Waals surface area contributed by atoms with Gasteiger partial charge in [0.15, 0.2) is 0 Å². The van der Waals surface area contributed by atoms with Gasteiger partial charge in [-0.3, -0.25) is 4.90 Å². The van der Waals surface area contributed by atoms with Crippen LogP contribution in [0.5, 0.6) is 5.75 Å². The molecule has 1 aromatic carbocycles. The zero-order chi connectivity index (χ0) is 13.0. The largest absolute Gasteiger partial charge is 0.496 e. The number of ether oxygens (including phenoxy) is 1. The number of benzene rings is 1. The Balaban J connectivity index is 0.00000180. The monoisotopic (exact) mass is 384 g/mol. The number of methoxy groups -OCH3 is 1. The highest BCUT2D eigenvalue weighted by Crippen LogP contribution is 2.34. The zero-order valence-corrected chi connectivity index (χ0v) is 15.1. The maximum absolute atomic E-state index is 5.51. The van der Waals surface area contributed by atoms with E-state index >= 15 is 0 Å². The van der Waals surface area contributed by atoms with Crippen molar-refractivity contribution in [1.29, 1.82) is 0 Å². The highest BCUT2D eigenvalue weighted by atomic mass is 79.9. The normalized spacial score (nSPS) is 16.8. The maximum atomic E-state index is 5.51. The van der Waals surface area contributed by atoms with Gasteiger partial charge in [-0.15, -0.1) is 24.8 Å². The first-order valence-electron chi connectivity index (χ1n) is 6.54. The summed E-state index contributed by atoms with van der Waals surface area (Å²) in [7, 11) is 1.75. The molecule has 0 aromatic heterocycles. The van der Waals surface area contributed by atoms with Crippen molar-refractivity contribution < 1.29 is 4.74 Å². The molecule has 0 spiro atoms. The van der Waals surface area contributed by atoms with Gasteiger partial charge in [0, 0.05) is 42.3 Å². The number of rotatable bonds is 4. The Bertz CT molecular complexity index is 401. The number of hydrogen-bond acceptors (Lipinski definition) is 3. The lowest BCUT2D eigenvalue weighted by Gasteiger charge is -2.35. The number of piperazine rings is 1. The summed E-state index contributed by atoms with van der Waals surface area (Å²) >= 11 is 3.56. The predicted molar refractivity (Wildman–Crippen MR) is 92.7 cm³/mol. The van der Waals surface area contributed by atoms with E-state index in [1.165, 1.54) is 5.56 Å². The van der Waals surface area contributed by atoms with E-state index in [2.05, 4.69) is 39.1 Å². The van der Waals surface area contributed by atoms with Crippen molar-refractivity contribution in [3.8, 4) is 5.75 Å². The molecule has 0 amide bonds. The minimum absolute atomic E-state index is 0. The van der Waals surface area contributed by atoms with Gasteiger partial charge in [-0.25, -0.2) is 0 Å². The van der Waals surface area contributed by atoms with Crippen LogP contribution in [0.15, 0.2) is 22.7 Å². The molecule has 0 saturated carbocycles. The van der Waals surface area contributed by atoms with E-state index in [4.69, 9.17) is 4.74 Å². The molecule has 1 aromatic rings. The molecule has 20 heavy (non-hydrogen) atoms. The summed E-state index contributed by atoms with van der Waals surface area (Å²) in [5.41, 5.74) is 1.29. The Kier molecular flexibility index (Phi) is 9.85. The zero-order valence-electron chi connectivity index (χ0n) is 11.9. The van der Waals surface area contributed by atoms with Gasteiger partial charge in [-0.1, -0.05) is 22.9 Å². The smallest absolute Gasteiger partial charge is 0.123 e. The van der Waals surface area contributed by atoms with Crippen LogP contribution in [0.2, 0.25) is 0 Å². The molecule has 3 nitrogen and oxygen atoms in total. The van der Waals surface area contributed by atoms with Crippen LogP contribution >= 0.6 is 40.7 Å². The van der Waals surface area contributed by atoms with Gasteiger partial charge in [0.2, 0.25) is 0 Å². The summed E-state index contributed by atoms with van der Waals surface area (Å²) in [6.45, 7) is 6.61. The fourth-order valence-corrected chi connectivity index (χ4v) is 3.01. The van der Waals surface area contributed by atoms with Crippen molar-refractivity contribution in [3.63, 3.8) is 0 Å². The number of nitrogens with one attached hydrogen (secondary N) is 1. The van der Waals surface area contributed by atoms with Crippen molar-refractivity contribution >= 4 is 40.7 Å². The van der Waals surface area contributed by atoms with Crippen LogP contribution in [-0.4, -0.2) is 38.2 Å². The summed E-state index contributed by atoms with van der Waals surface area (Å²) in [6.07, 6.45) is 1.10. The van der Waals surface area contributed by atoms with Gasteiger partial charge in [0.05, 0.1) is 7.11 Å². The summed E-state index contributed by atoms with van der Waals surface area (Å²) in [6, 6.07) is 6.71. The van der Waals surface area contributed by atoms with Crippen LogP contribution in [0.4, 0.5) is 0 Å². The molecule has 1 N–H and O–H groups in total. The van der Waals surface area contributed by atoms with E-state index in [1.54, 1.807) is 7.11 Å². The molecule has 1 saturated heterocycles. The average Bonchev–Trinajstić information content (AvgIpc) is 2.41. The Labute approximate surface area is 142 Å². The lowest BCUT2D eigenvalue weighted by Crippen LogP contribution is -2.45. The van der Waals surface area contributed by atoms with Crippen LogP contribution in [0.3, 0.4) is 0 Å². The van der Waals surface area contributed by atoms with Gasteiger partial charge >= 0.3 is 0 Å². The first kappa shape index (κ1) is 20.0. The third-order valence-electron chi connectivity index (χ3n) is 3.53. The third kappa shape index (κ3) is 4.78. The molecular weight excluding hydrogens is 363 g/mol. The molecule has 1 atom stereocenters. The predicted octanol–water partition coefficient (Wildman–Crippen LogP) is 3.66. The van der Waals surface area contributed by atoms with Crippen molar-refractivity contribution in [1.82, 2.24) is 10.2 Å². The molecule has 1 fully saturated rings. The van der Waals surface area contributed by atoms with Gasteiger partial charge in [-0.05, 0) is 24.6 Å². The molecule has 1 heterocycles. The highest BCUT2D eigenvalue weighted by molar-refractivity contribution is 9.10. The number of halogens is 3. The van der Waals surface area contributed by atoms with E-state index in [0.29, 0.717) is 6.04 Å². The molecule has 1 aliphatic rings. The number of nitrogens with zero attached hydrogens (tertiary/aromatic N) is 1. The van der Waals surface area contributed by atoms with Gasteiger partial charge in [0.25, 0.3) is 0 Å². The summed E-state index contributed by atoms with van der Waals surface area (Å²) in [5, 5.41) is 3.40. The quantitative estimate of drug-likeness (QED) is 0.855. The van der Waals surface area contributed by atoms with Crippen LogP contribution in [0.1, 0.15) is 24.9 Å². The second kappa shape index (κ2) is 9.85. The van der Waals surface area contributed by atoms with Crippen molar-refractivity contribution in [2.75, 3.05) is 33.3 Å². The standard InChI is InChI=1S/C14H21BrN2O.2ClH/c1-3-13(17-8-6-16-7-9-17)12-10-11(15)4-5-14(12)18-2;;/h4-5,10,13,16H,3,6-9H2,1-2H3;2*1H/t13-;;/m0../s1. The van der Waals surface area contributed by atoms with E-state index in [0.717, 1.165) is 42.8 Å². The molecule has 0 unspecified atom stereocenters. The summed E-state index contributed by atoms with van der Waals surface area (Å²) in [4.78, 5) is 2.54. The van der Waals surface area contributed by atoms with Crippen LogP contribution < -0.4 is 10.1 Å². The van der Waals surface area contributed by atoms with E-state index in [9.17, 15) is 0 Å². The van der Waals surface area contributed by atoms with Gasteiger partial charge in [0.1, 0.15) is 5.75 Å². The van der Waals surface area contributed by atoms with E-state index in [1.807, 2.05) is 12.1 Å². The molecule has 0 bridgehead atoms. The number of hydrogen-bond donors (Lipinski definition) is 1. The maximum Gasteiger partial charge on any atom is 0.123 e. The molecule has 6 heteroatoms. The third-order valence-corrected chi connectivity index (χ3v) is 4.02. The minimum Gasteiger partial charge on any atom is -0.496 e. The molecule has 0 aliphatic carbocycles. The first-order valence-corrected chi connectivity index (χ1v) is 7.33. The molecule has 116 valence electrons. The van der Waals surface area contributed by atoms with Crippen LogP contribution in [-0.2, 0) is 0 Å². The van der Waals surface area contributed by atoms with E-state index < -0.39 is 0 Å². The minimum atomic E-state index is 0. The topological polar surface area (TPSA) is 24.5 Å². The fraction of sp³-hybridized carbons (Fsp3) is 0.571. The van der Waals surface area contributed by atoms with Crippen molar-refractivity contribution in [3.05, 3.63) is 28.2 Å². The first-order chi connectivity index (χ1) is 8.76. The molecule has 0 radical (unpaired) electrons. The SMILES string of the molecule is CC[C@@H](c1cc(Br)ccc1OC)N1CCNCC1.Cl.Cl. The Hall–Kier alpha value is -0.000000000000000111. The second-order valence-electron chi connectivity index (χ2n) is 4.60. The van der Waals surface area contributed by atoms with Crippen LogP contribution in [0, 0.1) is 0 Å². The summed E-state index contributed by atoms with van der Waals surface area (Å²) < 4.78 is 6.63. The molecule has 1 aliphatic heterocycles. The average molecular weight is 386 g/mol. The lowest BCUT2D eigenvalue weighted by molar-refractivity contribution is 0.166. The summed E-state index contributed by atoms with van der Waals surface area (Å²) in [5.74, 6) is 0.989. The highest BCUT2D eigenvalue weighted by Gasteiger charge is 2.23. The van der Waals surface area contributed by atoms with Crippen LogP contribution in [0.25, 0.3) is 0 Å². The fourth-order valence-electron chi connectivity index (χ4n) is 2.63. The Morgan fingerprint density at radius 3 is 2.50 bits per heavy atom. The van der Waals surface area contributed by atoms with E-state index in [-0.39, 0.29) is 24.8 Å². The Morgan fingerprint density at radius 1 is 1.30 bits per heavy atom. The van der Waals surface area contributed by atoms with Crippen molar-refractivity contribution in [2.24, 2.45) is 0 Å². The second-order valence-corrected chi connectivity index (χ2v) is 5.51. The molecule has 2 rings (SSSR count). The molecular formula is C14H23BrCl2N2O. The lowest BCUT2D eigenvalue weighted by atomic mass is 10.0.